The van der Waals surface area contributed by atoms with Crippen LogP contribution in [0.3, 0.4) is 0 Å². The van der Waals surface area contributed by atoms with Crippen molar-refractivity contribution in [2.45, 2.75) is 65.2 Å². The number of carbonyl (C=O) groups excluding carboxylic acids is 5. The minimum absolute atomic E-state index is 0.0674. The molecule has 2 aromatic carbocycles. The Kier molecular flexibility index (Phi) is 6.76. The van der Waals surface area contributed by atoms with Crippen LogP contribution >= 0.6 is 0 Å². The molecule has 1 unspecified atom stereocenters. The van der Waals surface area contributed by atoms with E-state index < -0.39 is 39.9 Å². The first-order chi connectivity index (χ1) is 21.1. The number of rotatable bonds is 6. The van der Waals surface area contributed by atoms with Crippen molar-refractivity contribution in [3.05, 3.63) is 70.8 Å². The summed E-state index contributed by atoms with van der Waals surface area (Å²) in [5.41, 5.74) is 7.36. The van der Waals surface area contributed by atoms with E-state index in [1.807, 2.05) is 34.6 Å². The van der Waals surface area contributed by atoms with Crippen LogP contribution in [0.5, 0.6) is 0 Å². The van der Waals surface area contributed by atoms with Crippen molar-refractivity contribution in [2.24, 2.45) is 5.92 Å². The lowest BCUT2D eigenvalue weighted by atomic mass is 9.84. The molecule has 0 saturated heterocycles. The summed E-state index contributed by atoms with van der Waals surface area (Å²) >= 11 is 0. The van der Waals surface area contributed by atoms with Crippen molar-refractivity contribution in [1.29, 1.82) is 0 Å². The van der Waals surface area contributed by atoms with E-state index in [1.54, 1.807) is 31.2 Å². The molecule has 0 bridgehead atoms. The van der Waals surface area contributed by atoms with Crippen LogP contribution in [0.4, 0.5) is 11.4 Å². The van der Waals surface area contributed by atoms with Gasteiger partial charge < -0.3 is 19.9 Å². The molecule has 1 atom stereocenters. The van der Waals surface area contributed by atoms with E-state index in [2.05, 4.69) is 15.3 Å². The number of ketones is 4. The third kappa shape index (κ3) is 4.98. The van der Waals surface area contributed by atoms with Crippen molar-refractivity contribution in [1.82, 2.24) is 9.97 Å². The maximum absolute atomic E-state index is 13.2. The lowest BCUT2D eigenvalue weighted by Crippen LogP contribution is -2.25. The summed E-state index contributed by atoms with van der Waals surface area (Å²) in [4.78, 5) is 73.4. The number of fused-ring (bicyclic) bond motifs is 6. The molecule has 2 heterocycles. The normalized spacial score (nSPS) is 14.9. The fraction of sp³-hybridized carbons (Fsp3) is 0.324. The molecule has 2 aliphatic carbocycles. The number of carbonyl (C=O) groups is 5. The molecule has 3 N–H and O–H groups in total. The number of nitrogen functional groups attached to an aromatic ring is 1. The highest BCUT2D eigenvalue weighted by Gasteiger charge is 2.40. The molecule has 0 saturated carbocycles. The summed E-state index contributed by atoms with van der Waals surface area (Å²) in [7, 11) is 0. The Hall–Kier alpha value is -5.19. The van der Waals surface area contributed by atoms with Gasteiger partial charge in [-0.15, -0.1) is 0 Å². The van der Waals surface area contributed by atoms with Crippen LogP contribution in [0.25, 0.3) is 22.5 Å². The Morgan fingerprint density at radius 2 is 1.31 bits per heavy atom. The molecule has 6 rings (SSSR count). The molecule has 2 aromatic heterocycles. The molecule has 0 fully saturated rings. The zero-order valence-corrected chi connectivity index (χ0v) is 25.8. The van der Waals surface area contributed by atoms with E-state index in [0.717, 1.165) is 0 Å². The van der Waals surface area contributed by atoms with Crippen LogP contribution in [0.2, 0.25) is 0 Å². The van der Waals surface area contributed by atoms with Crippen molar-refractivity contribution in [2.75, 3.05) is 11.1 Å². The SMILES string of the molecule is CC(CCC(C)(C)c1nc2c(o1)C(=O)C(=O)c1cc(N)ccc1-2)C(=O)Nc1ccc2c(c1)C(=O)C(=O)c1oc(C(C)(C)C)nc1-2. The first-order valence-corrected chi connectivity index (χ1v) is 14.6. The number of Topliss-reactive ketones (excluding diaryl/α,β-unsaturated/α-hetero) is 4. The highest BCUT2D eigenvalue weighted by molar-refractivity contribution is 6.52. The van der Waals surface area contributed by atoms with E-state index in [1.165, 1.54) is 12.1 Å². The first-order valence-electron chi connectivity index (χ1n) is 14.6. The lowest BCUT2D eigenvalue weighted by Gasteiger charge is -2.22. The molecule has 0 radical (unpaired) electrons. The maximum atomic E-state index is 13.2. The third-order valence-electron chi connectivity index (χ3n) is 8.28. The average Bonchev–Trinajstić information content (AvgIpc) is 3.64. The number of aromatic nitrogens is 2. The zero-order valence-electron chi connectivity index (χ0n) is 25.8. The van der Waals surface area contributed by atoms with E-state index in [0.29, 0.717) is 52.6 Å². The van der Waals surface area contributed by atoms with Crippen LogP contribution in [0, 0.1) is 5.92 Å². The highest BCUT2D eigenvalue weighted by Crippen LogP contribution is 2.40. The average molecular weight is 609 g/mol. The van der Waals surface area contributed by atoms with Gasteiger partial charge in [0.15, 0.2) is 0 Å². The number of hydrogen-bond acceptors (Lipinski definition) is 10. The van der Waals surface area contributed by atoms with Gasteiger partial charge in [0.05, 0.1) is 0 Å². The molecule has 45 heavy (non-hydrogen) atoms. The minimum Gasteiger partial charge on any atom is -0.436 e. The van der Waals surface area contributed by atoms with Crippen LogP contribution in [-0.2, 0) is 15.6 Å². The summed E-state index contributed by atoms with van der Waals surface area (Å²) in [5.74, 6) is -3.22. The van der Waals surface area contributed by atoms with Gasteiger partial charge in [0.25, 0.3) is 11.6 Å². The molecular weight excluding hydrogens is 576 g/mol. The Bertz CT molecular complexity index is 1970. The molecule has 230 valence electrons. The molecule has 2 aliphatic rings. The lowest BCUT2D eigenvalue weighted by molar-refractivity contribution is -0.119. The summed E-state index contributed by atoms with van der Waals surface area (Å²) in [6.07, 6.45) is 0.909. The van der Waals surface area contributed by atoms with E-state index in [9.17, 15) is 24.0 Å². The van der Waals surface area contributed by atoms with Gasteiger partial charge in [0, 0.05) is 50.4 Å². The first kappa shape index (κ1) is 29.9. The second kappa shape index (κ2) is 10.2. The molecule has 0 aliphatic heterocycles. The Morgan fingerprint density at radius 1 is 0.778 bits per heavy atom. The second-order valence-corrected chi connectivity index (χ2v) is 13.3. The third-order valence-corrected chi connectivity index (χ3v) is 8.28. The summed E-state index contributed by atoms with van der Waals surface area (Å²) in [6.45, 7) is 11.3. The van der Waals surface area contributed by atoms with Crippen molar-refractivity contribution in [3.8, 4) is 22.5 Å². The van der Waals surface area contributed by atoms with Crippen LogP contribution in [0.1, 0.15) is 108 Å². The Morgan fingerprint density at radius 3 is 1.91 bits per heavy atom. The smallest absolute Gasteiger partial charge is 0.271 e. The summed E-state index contributed by atoms with van der Waals surface area (Å²) < 4.78 is 11.5. The number of benzene rings is 2. The molecule has 11 heteroatoms. The molecule has 4 aromatic rings. The van der Waals surface area contributed by atoms with Gasteiger partial charge >= 0.3 is 0 Å². The maximum Gasteiger partial charge on any atom is 0.271 e. The summed E-state index contributed by atoms with van der Waals surface area (Å²) in [6, 6.07) is 9.54. The van der Waals surface area contributed by atoms with Crippen LogP contribution in [0.15, 0.2) is 45.2 Å². The number of nitrogens with two attached hydrogens (primary N) is 1. The van der Waals surface area contributed by atoms with Crippen molar-refractivity contribution >= 4 is 40.4 Å². The van der Waals surface area contributed by atoms with Crippen molar-refractivity contribution in [3.63, 3.8) is 0 Å². The second-order valence-electron chi connectivity index (χ2n) is 13.3. The fourth-order valence-corrected chi connectivity index (χ4v) is 5.43. The molecule has 0 spiro atoms. The van der Waals surface area contributed by atoms with Gasteiger partial charge in [-0.1, -0.05) is 41.5 Å². The molecule has 1 amide bonds. The van der Waals surface area contributed by atoms with Gasteiger partial charge in [-0.3, -0.25) is 24.0 Å². The summed E-state index contributed by atoms with van der Waals surface area (Å²) in [5, 5.41) is 2.84. The van der Waals surface area contributed by atoms with Gasteiger partial charge in [0.1, 0.15) is 11.4 Å². The van der Waals surface area contributed by atoms with Gasteiger partial charge in [-0.2, -0.15) is 0 Å². The van der Waals surface area contributed by atoms with Gasteiger partial charge in [-0.05, 0) is 49.2 Å². The van der Waals surface area contributed by atoms with Crippen LogP contribution < -0.4 is 11.1 Å². The van der Waals surface area contributed by atoms with Crippen LogP contribution in [-0.4, -0.2) is 39.0 Å². The van der Waals surface area contributed by atoms with Crippen molar-refractivity contribution < 1.29 is 32.8 Å². The van der Waals surface area contributed by atoms with E-state index >= 15 is 0 Å². The molecular formula is C34H32N4O7. The quantitative estimate of drug-likeness (QED) is 0.196. The number of amides is 1. The predicted octanol–water partition coefficient (Wildman–Crippen LogP) is 5.97. The zero-order chi connectivity index (χ0) is 32.6. The van der Waals surface area contributed by atoms with Gasteiger partial charge in [-0.25, -0.2) is 9.97 Å². The van der Waals surface area contributed by atoms with Gasteiger partial charge in [0.2, 0.25) is 40.8 Å². The number of nitrogens with zero attached hydrogens (tertiary/aromatic N) is 2. The number of hydrogen-bond donors (Lipinski definition) is 2. The number of nitrogens with one attached hydrogen (secondary N) is 1. The Labute approximate surface area is 258 Å². The fourth-order valence-electron chi connectivity index (χ4n) is 5.43. The van der Waals surface area contributed by atoms with E-state index in [4.69, 9.17) is 14.6 Å². The minimum atomic E-state index is -0.773. The number of anilines is 2. The monoisotopic (exact) mass is 608 g/mol. The topological polar surface area (TPSA) is 175 Å². The Balaban J connectivity index is 1.16. The standard InChI is InChI=1S/C34H32N4O7/c1-15(11-12-34(5,6)32-38-23-18-9-7-16(35)13-20(18)24(39)26(41)29(23)45-32)30(43)36-17-8-10-19-21(14-17)25(40)27(42)28-22(19)37-31(44-28)33(2,3)4/h7-10,13-15H,11-12,35H2,1-6H3,(H,36,43). The predicted molar refractivity (Wildman–Crippen MR) is 164 cm³/mol. The molecule has 11 nitrogen and oxygen atoms in total. The number of oxazole rings is 2. The van der Waals surface area contributed by atoms with E-state index in [-0.39, 0.29) is 34.4 Å². The largest absolute Gasteiger partial charge is 0.436 e. The highest BCUT2D eigenvalue weighted by atomic mass is 16.4.